The Morgan fingerprint density at radius 1 is 1.17 bits per heavy atom. The lowest BCUT2D eigenvalue weighted by Crippen LogP contribution is -2.40. The Labute approximate surface area is 212 Å². The lowest BCUT2D eigenvalue weighted by molar-refractivity contribution is -0.118. The summed E-state index contributed by atoms with van der Waals surface area (Å²) in [5, 5.41) is 9.44. The molecule has 0 saturated carbocycles. The molecule has 4 unspecified atom stereocenters. The van der Waals surface area contributed by atoms with Crippen LogP contribution in [-0.4, -0.2) is 44.7 Å². The number of amides is 2. The molecule has 2 amide bonds. The van der Waals surface area contributed by atoms with Crippen molar-refractivity contribution in [1.29, 1.82) is 0 Å². The zero-order valence-electron chi connectivity index (χ0n) is 21.0. The highest BCUT2D eigenvalue weighted by molar-refractivity contribution is 5.98. The molecule has 0 aliphatic heterocycles. The zero-order chi connectivity index (χ0) is 25.7. The number of allylic oxidation sites excluding steroid dienone is 4. The van der Waals surface area contributed by atoms with Gasteiger partial charge in [-0.3, -0.25) is 9.59 Å². The van der Waals surface area contributed by atoms with Crippen LogP contribution in [0, 0.1) is 5.92 Å². The van der Waals surface area contributed by atoms with Gasteiger partial charge in [0.1, 0.15) is 5.76 Å². The zero-order valence-corrected chi connectivity index (χ0v) is 21.0. The summed E-state index contributed by atoms with van der Waals surface area (Å²) in [4.78, 5) is 25.2. The van der Waals surface area contributed by atoms with E-state index in [1.165, 1.54) is 13.2 Å². The summed E-state index contributed by atoms with van der Waals surface area (Å²) in [5.74, 6) is 0.00608. The van der Waals surface area contributed by atoms with Crippen molar-refractivity contribution in [2.45, 2.75) is 44.4 Å². The summed E-state index contributed by atoms with van der Waals surface area (Å²) < 4.78 is 19.2. The van der Waals surface area contributed by atoms with Gasteiger partial charge in [0.15, 0.2) is 6.17 Å². The van der Waals surface area contributed by atoms with E-state index in [0.29, 0.717) is 17.7 Å². The van der Waals surface area contributed by atoms with Crippen molar-refractivity contribution in [1.82, 2.24) is 16.0 Å². The monoisotopic (exact) mass is 491 g/mol. The molecule has 36 heavy (non-hydrogen) atoms. The molecule has 0 radical (unpaired) electrons. The fraction of sp³-hybridized carbons (Fsp3) is 0.379. The Morgan fingerprint density at radius 2 is 2.00 bits per heavy atom. The van der Waals surface area contributed by atoms with Crippen LogP contribution in [0.2, 0.25) is 0 Å². The van der Waals surface area contributed by atoms with Crippen LogP contribution in [0.25, 0.3) is 6.08 Å². The smallest absolute Gasteiger partial charge is 0.251 e. The van der Waals surface area contributed by atoms with Gasteiger partial charge in [-0.25, -0.2) is 4.39 Å². The second kappa shape index (κ2) is 11.5. The molecule has 4 atom stereocenters. The van der Waals surface area contributed by atoms with E-state index in [9.17, 15) is 14.0 Å². The molecule has 3 aliphatic carbocycles. The molecule has 1 aromatic rings. The van der Waals surface area contributed by atoms with E-state index < -0.39 is 6.17 Å². The third kappa shape index (κ3) is 5.68. The quantitative estimate of drug-likeness (QED) is 0.532. The Bertz CT molecular complexity index is 1160. The maximum atomic E-state index is 14.2. The van der Waals surface area contributed by atoms with E-state index in [4.69, 9.17) is 4.74 Å². The number of ether oxygens (including phenoxy) is 1. The van der Waals surface area contributed by atoms with Crippen molar-refractivity contribution in [3.05, 3.63) is 88.3 Å². The lowest BCUT2D eigenvalue weighted by atomic mass is 9.91. The first kappa shape index (κ1) is 25.6. The number of rotatable bonds is 7. The lowest BCUT2D eigenvalue weighted by Gasteiger charge is -2.27. The molecule has 4 rings (SSSR count). The highest BCUT2D eigenvalue weighted by Gasteiger charge is 2.26. The van der Waals surface area contributed by atoms with Crippen LogP contribution in [0.1, 0.15) is 53.7 Å². The Kier molecular flexibility index (Phi) is 8.21. The van der Waals surface area contributed by atoms with Gasteiger partial charge < -0.3 is 20.7 Å². The predicted octanol–water partition coefficient (Wildman–Crippen LogP) is 4.30. The molecule has 0 heterocycles. The molecule has 3 N–H and O–H groups in total. The summed E-state index contributed by atoms with van der Waals surface area (Å²) in [6, 6.07) is 5.76. The van der Waals surface area contributed by atoms with Crippen LogP contribution in [0.4, 0.5) is 4.39 Å². The Hall–Kier alpha value is -3.45. The number of hydrogen-bond donors (Lipinski definition) is 3. The molecule has 3 aliphatic rings. The van der Waals surface area contributed by atoms with Crippen LogP contribution in [0.15, 0.2) is 71.6 Å². The second-order valence-corrected chi connectivity index (χ2v) is 9.40. The number of nitrogens with one attached hydrogen (secondary N) is 3. The van der Waals surface area contributed by atoms with Crippen molar-refractivity contribution < 1.29 is 18.7 Å². The SMILES string of the molecule is CNC(=O)c1cccc2c1C=CCCC2NCC1=CC(NC(=O)C2=CC=C(OC)C(F)C2)C(C)C=C1. The Balaban J connectivity index is 1.44. The Morgan fingerprint density at radius 3 is 2.75 bits per heavy atom. The maximum absolute atomic E-state index is 14.2. The van der Waals surface area contributed by atoms with Gasteiger partial charge in [0.2, 0.25) is 5.91 Å². The number of fused-ring (bicyclic) bond motifs is 1. The molecule has 0 aromatic heterocycles. The molecule has 1 aromatic carbocycles. The molecule has 0 bridgehead atoms. The van der Waals surface area contributed by atoms with Crippen LogP contribution >= 0.6 is 0 Å². The van der Waals surface area contributed by atoms with Gasteiger partial charge in [0, 0.05) is 37.2 Å². The van der Waals surface area contributed by atoms with Crippen molar-refractivity contribution in [2.75, 3.05) is 20.7 Å². The number of halogens is 1. The van der Waals surface area contributed by atoms with Gasteiger partial charge in [-0.2, -0.15) is 0 Å². The fourth-order valence-corrected chi connectivity index (χ4v) is 4.86. The number of benzene rings is 1. The summed E-state index contributed by atoms with van der Waals surface area (Å²) in [6.07, 6.45) is 14.1. The molecule has 0 saturated heterocycles. The summed E-state index contributed by atoms with van der Waals surface area (Å²) in [7, 11) is 3.07. The first-order valence-electron chi connectivity index (χ1n) is 12.4. The van der Waals surface area contributed by atoms with Gasteiger partial charge in [-0.15, -0.1) is 0 Å². The average molecular weight is 492 g/mol. The van der Waals surface area contributed by atoms with Crippen molar-refractivity contribution in [2.24, 2.45) is 5.92 Å². The van der Waals surface area contributed by atoms with E-state index in [-0.39, 0.29) is 42.0 Å². The molecular formula is C29H34FN3O3. The molecule has 6 nitrogen and oxygen atoms in total. The van der Waals surface area contributed by atoms with Crippen LogP contribution in [0.5, 0.6) is 0 Å². The minimum atomic E-state index is -1.31. The summed E-state index contributed by atoms with van der Waals surface area (Å²) >= 11 is 0. The molecular weight excluding hydrogens is 457 g/mol. The van der Waals surface area contributed by atoms with E-state index >= 15 is 0 Å². The third-order valence-corrected chi connectivity index (χ3v) is 7.00. The summed E-state index contributed by atoms with van der Waals surface area (Å²) in [5.41, 5.74) is 4.22. The molecule has 0 fully saturated rings. The highest BCUT2D eigenvalue weighted by atomic mass is 19.1. The molecule has 0 spiro atoms. The van der Waals surface area contributed by atoms with Crippen molar-refractivity contribution >= 4 is 17.9 Å². The van der Waals surface area contributed by atoms with Gasteiger partial charge in [0.05, 0.1) is 13.2 Å². The third-order valence-electron chi connectivity index (χ3n) is 7.00. The van der Waals surface area contributed by atoms with Gasteiger partial charge >= 0.3 is 0 Å². The molecule has 7 heteroatoms. The van der Waals surface area contributed by atoms with Crippen molar-refractivity contribution in [3.8, 4) is 0 Å². The van der Waals surface area contributed by atoms with Gasteiger partial charge in [0.25, 0.3) is 5.91 Å². The minimum Gasteiger partial charge on any atom is -0.498 e. The predicted molar refractivity (Wildman–Crippen MR) is 140 cm³/mol. The topological polar surface area (TPSA) is 79.5 Å². The van der Waals surface area contributed by atoms with Gasteiger partial charge in [-0.05, 0) is 53.7 Å². The number of carbonyl (C=O) groups is 2. The van der Waals surface area contributed by atoms with Crippen LogP contribution in [0.3, 0.4) is 0 Å². The van der Waals surface area contributed by atoms with E-state index in [2.05, 4.69) is 46.3 Å². The standard InChI is InChI=1S/C29H34FN3O3/c1-18-11-12-19(15-26(18)33-28(34)20-13-14-27(36-3)24(30)16-20)17-32-25-10-5-4-7-21-22(25)8-6-9-23(21)29(35)31-2/h4,6-9,11-15,18,24-26,32H,5,10,16-17H2,1-3H3,(H,31,35)(H,33,34). The van der Waals surface area contributed by atoms with Crippen LogP contribution in [-0.2, 0) is 9.53 Å². The van der Waals surface area contributed by atoms with E-state index in [1.54, 1.807) is 13.1 Å². The fourth-order valence-electron chi connectivity index (χ4n) is 4.86. The van der Waals surface area contributed by atoms with Gasteiger partial charge in [-0.1, -0.05) is 49.4 Å². The van der Waals surface area contributed by atoms with E-state index in [0.717, 1.165) is 29.5 Å². The molecule has 190 valence electrons. The highest BCUT2D eigenvalue weighted by Crippen LogP contribution is 2.30. The number of methoxy groups -OCH3 is 1. The number of alkyl halides is 1. The number of hydrogen-bond acceptors (Lipinski definition) is 4. The first-order chi connectivity index (χ1) is 17.4. The van der Waals surface area contributed by atoms with E-state index in [1.807, 2.05) is 25.1 Å². The maximum Gasteiger partial charge on any atom is 0.251 e. The number of carbonyl (C=O) groups excluding carboxylic acids is 2. The summed E-state index contributed by atoms with van der Waals surface area (Å²) in [6.45, 7) is 2.67. The van der Waals surface area contributed by atoms with Crippen LogP contribution < -0.4 is 16.0 Å². The average Bonchev–Trinajstić information content (AvgIpc) is 3.10. The normalized spacial score (nSPS) is 25.1. The second-order valence-electron chi connectivity index (χ2n) is 9.40. The largest absolute Gasteiger partial charge is 0.498 e. The minimum absolute atomic E-state index is 0.00768. The first-order valence-corrected chi connectivity index (χ1v) is 12.4. The van der Waals surface area contributed by atoms with Crippen molar-refractivity contribution in [3.63, 3.8) is 0 Å².